The number of nitrogens with one attached hydrogen (secondary N) is 1. The average Bonchev–Trinajstić information content (AvgIpc) is 2.84. The predicted octanol–water partition coefficient (Wildman–Crippen LogP) is 4.04. The minimum absolute atomic E-state index is 0.0776. The summed E-state index contributed by atoms with van der Waals surface area (Å²) in [5.41, 5.74) is 6.47. The van der Waals surface area contributed by atoms with Crippen LogP contribution >= 0.6 is 0 Å². The number of ether oxygens (including phenoxy) is 1. The highest BCUT2D eigenvalue weighted by atomic mass is 16.5. The van der Waals surface area contributed by atoms with E-state index >= 15 is 0 Å². The van der Waals surface area contributed by atoms with Gasteiger partial charge in [0, 0.05) is 11.4 Å². The number of aryl methyl sites for hydroxylation is 5. The van der Waals surface area contributed by atoms with Crippen molar-refractivity contribution in [3.63, 3.8) is 0 Å². The molecule has 26 heavy (non-hydrogen) atoms. The molecular formula is C21H24N2O3. The van der Waals surface area contributed by atoms with Gasteiger partial charge in [0.05, 0.1) is 17.7 Å². The molecule has 2 aromatic heterocycles. The molecule has 3 rings (SSSR count). The number of benzene rings is 1. The van der Waals surface area contributed by atoms with Crippen LogP contribution in [0.15, 0.2) is 23.0 Å². The molecule has 0 aliphatic carbocycles. The Bertz CT molecular complexity index is 1060. The fraction of sp³-hybridized carbons (Fsp3) is 0.333. The lowest BCUT2D eigenvalue weighted by atomic mass is 10.0. The quantitative estimate of drug-likeness (QED) is 0.724. The number of esters is 1. The summed E-state index contributed by atoms with van der Waals surface area (Å²) in [6, 6.07) is 6.09. The van der Waals surface area contributed by atoms with Gasteiger partial charge in [0.25, 0.3) is 0 Å². The van der Waals surface area contributed by atoms with Crippen LogP contribution in [0.3, 0.4) is 0 Å². The second kappa shape index (κ2) is 6.48. The highest BCUT2D eigenvalue weighted by molar-refractivity contribution is 5.95. The number of carbonyl (C=O) groups is 1. The van der Waals surface area contributed by atoms with Crippen molar-refractivity contribution in [2.24, 2.45) is 0 Å². The molecule has 0 fully saturated rings. The van der Waals surface area contributed by atoms with Crippen molar-refractivity contribution < 1.29 is 9.53 Å². The maximum Gasteiger partial charge on any atom is 0.343 e. The zero-order valence-corrected chi connectivity index (χ0v) is 16.1. The van der Waals surface area contributed by atoms with Gasteiger partial charge in [-0.05, 0) is 58.7 Å². The summed E-state index contributed by atoms with van der Waals surface area (Å²) in [4.78, 5) is 28.4. The van der Waals surface area contributed by atoms with Crippen LogP contribution < -0.4 is 5.43 Å². The molecule has 3 aromatic rings. The van der Waals surface area contributed by atoms with E-state index in [2.05, 4.69) is 42.5 Å². The van der Waals surface area contributed by atoms with Gasteiger partial charge in [0.15, 0.2) is 0 Å². The van der Waals surface area contributed by atoms with Crippen molar-refractivity contribution in [2.75, 3.05) is 6.61 Å². The summed E-state index contributed by atoms with van der Waals surface area (Å²) in [6.45, 7) is 11.9. The van der Waals surface area contributed by atoms with Crippen LogP contribution in [-0.4, -0.2) is 22.1 Å². The molecule has 0 aliphatic rings. The lowest BCUT2D eigenvalue weighted by Gasteiger charge is -2.16. The normalized spacial score (nSPS) is 11.2. The Morgan fingerprint density at radius 2 is 1.69 bits per heavy atom. The van der Waals surface area contributed by atoms with E-state index in [-0.39, 0.29) is 17.6 Å². The predicted molar refractivity (Wildman–Crippen MR) is 104 cm³/mol. The summed E-state index contributed by atoms with van der Waals surface area (Å²) in [6.07, 6.45) is 0. The van der Waals surface area contributed by atoms with E-state index in [1.165, 1.54) is 5.56 Å². The molecule has 5 nitrogen and oxygen atoms in total. The largest absolute Gasteiger partial charge is 0.462 e. The molecule has 0 bridgehead atoms. The molecule has 1 N–H and O–H groups in total. The Balaban J connectivity index is 2.36. The molecule has 1 aromatic carbocycles. The summed E-state index contributed by atoms with van der Waals surface area (Å²) in [5, 5.41) is 0.496. The lowest BCUT2D eigenvalue weighted by molar-refractivity contribution is 0.0523. The first-order chi connectivity index (χ1) is 12.3. The summed E-state index contributed by atoms with van der Waals surface area (Å²) in [5.74, 6) is -0.582. The van der Waals surface area contributed by atoms with Crippen LogP contribution in [0.25, 0.3) is 16.7 Å². The molecule has 136 valence electrons. The third-order valence-corrected chi connectivity index (χ3v) is 4.68. The molecule has 0 unspecified atom stereocenters. The van der Waals surface area contributed by atoms with Gasteiger partial charge in [-0.2, -0.15) is 0 Å². The molecule has 0 aliphatic heterocycles. The third-order valence-electron chi connectivity index (χ3n) is 4.68. The number of fused-ring (bicyclic) bond motifs is 1. The van der Waals surface area contributed by atoms with Crippen molar-refractivity contribution in [1.82, 2.24) is 9.55 Å². The molecule has 5 heteroatoms. The lowest BCUT2D eigenvalue weighted by Crippen LogP contribution is -2.20. The van der Waals surface area contributed by atoms with Gasteiger partial charge in [-0.3, -0.25) is 9.36 Å². The van der Waals surface area contributed by atoms with Crippen molar-refractivity contribution in [3.8, 4) is 5.69 Å². The topological polar surface area (TPSA) is 64.1 Å². The van der Waals surface area contributed by atoms with Crippen LogP contribution in [0.2, 0.25) is 0 Å². The summed E-state index contributed by atoms with van der Waals surface area (Å²) < 4.78 is 7.10. The Hall–Kier alpha value is -2.82. The Morgan fingerprint density at radius 3 is 2.27 bits per heavy atom. The third kappa shape index (κ3) is 2.73. The molecule has 0 radical (unpaired) electrons. The molecule has 0 spiro atoms. The van der Waals surface area contributed by atoms with Gasteiger partial charge in [0.2, 0.25) is 5.43 Å². The van der Waals surface area contributed by atoms with E-state index in [4.69, 9.17) is 4.74 Å². The van der Waals surface area contributed by atoms with Gasteiger partial charge in [-0.1, -0.05) is 17.7 Å². The SMILES string of the molecule is CCOC(=O)c1c(C)[nH]c2c(cc(C)n2-c2c(C)cc(C)cc2C)c1=O. The van der Waals surface area contributed by atoms with Gasteiger partial charge in [-0.25, -0.2) is 4.79 Å². The van der Waals surface area contributed by atoms with E-state index in [1.54, 1.807) is 13.8 Å². The van der Waals surface area contributed by atoms with E-state index in [9.17, 15) is 9.59 Å². The Morgan fingerprint density at radius 1 is 1.08 bits per heavy atom. The van der Waals surface area contributed by atoms with Gasteiger partial charge in [0.1, 0.15) is 11.2 Å². The first-order valence-electron chi connectivity index (χ1n) is 8.76. The number of aromatic amines is 1. The fourth-order valence-corrected chi connectivity index (χ4v) is 3.74. The van der Waals surface area contributed by atoms with Crippen LogP contribution in [0, 0.1) is 34.6 Å². The highest BCUT2D eigenvalue weighted by Gasteiger charge is 2.22. The number of H-pyrrole nitrogens is 1. The molecule has 2 heterocycles. The number of rotatable bonds is 3. The number of pyridine rings is 1. The van der Waals surface area contributed by atoms with Gasteiger partial charge in [-0.15, -0.1) is 0 Å². The molecule has 0 saturated carbocycles. The second-order valence-corrected chi connectivity index (χ2v) is 6.81. The smallest absolute Gasteiger partial charge is 0.343 e. The monoisotopic (exact) mass is 352 g/mol. The van der Waals surface area contributed by atoms with E-state index in [0.29, 0.717) is 16.7 Å². The van der Waals surface area contributed by atoms with E-state index < -0.39 is 5.97 Å². The van der Waals surface area contributed by atoms with E-state index in [0.717, 1.165) is 22.5 Å². The minimum atomic E-state index is -0.582. The van der Waals surface area contributed by atoms with Crippen molar-refractivity contribution in [3.05, 3.63) is 62.1 Å². The Labute approximate surface area is 152 Å². The van der Waals surface area contributed by atoms with Crippen LogP contribution in [0.5, 0.6) is 0 Å². The first-order valence-corrected chi connectivity index (χ1v) is 8.76. The summed E-state index contributed by atoms with van der Waals surface area (Å²) in [7, 11) is 0. The standard InChI is InChI=1S/C21H24N2O3/c1-7-26-21(25)17-15(6)22-20-16(19(17)24)10-14(5)23(20)18-12(3)8-11(2)9-13(18)4/h8-10H,7H2,1-6H3,(H,22,24). The highest BCUT2D eigenvalue weighted by Crippen LogP contribution is 2.27. The van der Waals surface area contributed by atoms with Gasteiger partial charge >= 0.3 is 5.97 Å². The maximum atomic E-state index is 13.0. The number of aromatic nitrogens is 2. The molecular weight excluding hydrogens is 328 g/mol. The zero-order valence-electron chi connectivity index (χ0n) is 16.1. The second-order valence-electron chi connectivity index (χ2n) is 6.81. The molecule has 0 saturated heterocycles. The first kappa shape index (κ1) is 18.0. The van der Waals surface area contributed by atoms with Crippen molar-refractivity contribution >= 4 is 17.0 Å². The average molecular weight is 352 g/mol. The van der Waals surface area contributed by atoms with Gasteiger partial charge < -0.3 is 9.72 Å². The number of hydrogen-bond donors (Lipinski definition) is 1. The van der Waals surface area contributed by atoms with Crippen molar-refractivity contribution in [2.45, 2.75) is 41.5 Å². The molecule has 0 amide bonds. The van der Waals surface area contributed by atoms with Crippen LogP contribution in [0.1, 0.15) is 45.4 Å². The van der Waals surface area contributed by atoms with Crippen LogP contribution in [-0.2, 0) is 4.74 Å². The Kier molecular flexibility index (Phi) is 4.48. The summed E-state index contributed by atoms with van der Waals surface area (Å²) >= 11 is 0. The number of nitrogens with zero attached hydrogens (tertiary/aromatic N) is 1. The van der Waals surface area contributed by atoms with Crippen LogP contribution in [0.4, 0.5) is 0 Å². The minimum Gasteiger partial charge on any atom is -0.462 e. The maximum absolute atomic E-state index is 13.0. The van der Waals surface area contributed by atoms with Crippen molar-refractivity contribution in [1.29, 1.82) is 0 Å². The fourth-order valence-electron chi connectivity index (χ4n) is 3.74. The number of carbonyl (C=O) groups excluding carboxylic acids is 1. The number of hydrogen-bond acceptors (Lipinski definition) is 3. The molecule has 0 atom stereocenters. The zero-order chi connectivity index (χ0) is 19.2. The van der Waals surface area contributed by atoms with E-state index in [1.807, 2.05) is 13.0 Å².